The summed E-state index contributed by atoms with van der Waals surface area (Å²) < 4.78 is 0. The van der Waals surface area contributed by atoms with E-state index in [0.29, 0.717) is 5.56 Å². The molecule has 5 nitrogen and oxygen atoms in total. The number of hydrogen-bond donors (Lipinski definition) is 3. The first-order valence-electron chi connectivity index (χ1n) is 5.29. The lowest BCUT2D eigenvalue weighted by atomic mass is 10.1. The summed E-state index contributed by atoms with van der Waals surface area (Å²) in [7, 11) is 0. The molecule has 0 aromatic heterocycles. The van der Waals surface area contributed by atoms with E-state index >= 15 is 0 Å². The van der Waals surface area contributed by atoms with Crippen molar-refractivity contribution in [2.75, 3.05) is 5.32 Å². The number of rotatable bonds is 5. The highest BCUT2D eigenvalue weighted by Gasteiger charge is 2.09. The lowest BCUT2D eigenvalue weighted by Gasteiger charge is -2.14. The molecule has 0 aliphatic heterocycles. The van der Waals surface area contributed by atoms with E-state index in [-0.39, 0.29) is 12.5 Å². The molecule has 17 heavy (non-hydrogen) atoms. The van der Waals surface area contributed by atoms with E-state index < -0.39 is 11.9 Å². The number of carbonyl (C=O) groups excluding carboxylic acids is 1. The molecule has 1 unspecified atom stereocenters. The third-order valence-corrected chi connectivity index (χ3v) is 2.39. The number of hydrogen-bond acceptors (Lipinski definition) is 3. The van der Waals surface area contributed by atoms with Crippen LogP contribution in [0.3, 0.4) is 0 Å². The van der Waals surface area contributed by atoms with E-state index in [2.05, 4.69) is 5.32 Å². The fourth-order valence-corrected chi connectivity index (χ4v) is 1.63. The zero-order valence-electron chi connectivity index (χ0n) is 9.86. The van der Waals surface area contributed by atoms with Gasteiger partial charge >= 0.3 is 5.97 Å². The van der Waals surface area contributed by atoms with Crippen molar-refractivity contribution < 1.29 is 14.7 Å². The summed E-state index contributed by atoms with van der Waals surface area (Å²) in [5.74, 6) is -1.32. The first kappa shape index (κ1) is 13.0. The van der Waals surface area contributed by atoms with Crippen LogP contribution in [0.1, 0.15) is 29.3 Å². The van der Waals surface area contributed by atoms with Gasteiger partial charge in [-0.3, -0.25) is 9.59 Å². The first-order chi connectivity index (χ1) is 7.90. The van der Waals surface area contributed by atoms with Crippen molar-refractivity contribution in [1.82, 2.24) is 0 Å². The fourth-order valence-electron chi connectivity index (χ4n) is 1.63. The molecule has 4 N–H and O–H groups in total. The van der Waals surface area contributed by atoms with E-state index in [1.807, 2.05) is 0 Å². The maximum Gasteiger partial charge on any atom is 0.305 e. The van der Waals surface area contributed by atoms with Gasteiger partial charge in [0.15, 0.2) is 0 Å². The van der Waals surface area contributed by atoms with Crippen LogP contribution < -0.4 is 11.1 Å². The van der Waals surface area contributed by atoms with Crippen LogP contribution in [0, 0.1) is 6.92 Å². The second-order valence-corrected chi connectivity index (χ2v) is 4.04. The normalized spacial score (nSPS) is 11.9. The second kappa shape index (κ2) is 5.34. The molecule has 0 spiro atoms. The summed E-state index contributed by atoms with van der Waals surface area (Å²) in [6.45, 7) is 3.57. The predicted octanol–water partition coefficient (Wildman–Crippen LogP) is 1.37. The minimum absolute atomic E-state index is 0.0383. The summed E-state index contributed by atoms with van der Waals surface area (Å²) in [5.41, 5.74) is 7.22. The number of anilines is 1. The average Bonchev–Trinajstić information content (AvgIpc) is 2.15. The SMILES string of the molecule is Cc1cc(NC(C)CC(=O)O)ccc1C(N)=O. The summed E-state index contributed by atoms with van der Waals surface area (Å²) in [6.07, 6.45) is 0.0383. The van der Waals surface area contributed by atoms with Gasteiger partial charge in [0.1, 0.15) is 0 Å². The molecule has 0 fully saturated rings. The fraction of sp³-hybridized carbons (Fsp3) is 0.333. The van der Waals surface area contributed by atoms with Crippen LogP contribution >= 0.6 is 0 Å². The Balaban J connectivity index is 2.77. The number of carboxylic acids is 1. The molecule has 5 heteroatoms. The van der Waals surface area contributed by atoms with Gasteiger partial charge in [0, 0.05) is 17.3 Å². The van der Waals surface area contributed by atoms with E-state index in [9.17, 15) is 9.59 Å². The maximum atomic E-state index is 11.0. The van der Waals surface area contributed by atoms with Crippen LogP contribution in [0.5, 0.6) is 0 Å². The number of amides is 1. The van der Waals surface area contributed by atoms with Crippen LogP contribution in [0.2, 0.25) is 0 Å². The smallest absolute Gasteiger partial charge is 0.305 e. The molecule has 0 saturated heterocycles. The van der Waals surface area contributed by atoms with Gasteiger partial charge in [-0.2, -0.15) is 0 Å². The quantitative estimate of drug-likeness (QED) is 0.719. The van der Waals surface area contributed by atoms with Gasteiger partial charge in [-0.15, -0.1) is 0 Å². The van der Waals surface area contributed by atoms with Crippen LogP contribution in [0.4, 0.5) is 5.69 Å². The molecule has 92 valence electrons. The molecule has 0 radical (unpaired) electrons. The molecule has 0 bridgehead atoms. The van der Waals surface area contributed by atoms with Gasteiger partial charge in [-0.25, -0.2) is 0 Å². The number of aliphatic carboxylic acids is 1. The highest BCUT2D eigenvalue weighted by atomic mass is 16.4. The van der Waals surface area contributed by atoms with Crippen LogP contribution in [-0.2, 0) is 4.79 Å². The second-order valence-electron chi connectivity index (χ2n) is 4.04. The third kappa shape index (κ3) is 3.79. The van der Waals surface area contributed by atoms with Gasteiger partial charge in [0.05, 0.1) is 6.42 Å². The van der Waals surface area contributed by atoms with Gasteiger partial charge in [0.25, 0.3) is 0 Å². The highest BCUT2D eigenvalue weighted by Crippen LogP contribution is 2.16. The maximum absolute atomic E-state index is 11.0. The van der Waals surface area contributed by atoms with E-state index in [4.69, 9.17) is 10.8 Å². The Bertz CT molecular complexity index is 443. The number of primary amides is 1. The summed E-state index contributed by atoms with van der Waals surface area (Å²) in [4.78, 5) is 21.5. The number of carboxylic acid groups (broad SMARTS) is 1. The molecule has 1 aromatic carbocycles. The Morgan fingerprint density at radius 1 is 1.47 bits per heavy atom. The highest BCUT2D eigenvalue weighted by molar-refractivity contribution is 5.94. The molecule has 1 rings (SSSR count). The van der Waals surface area contributed by atoms with Crippen molar-refractivity contribution >= 4 is 17.6 Å². The van der Waals surface area contributed by atoms with E-state index in [1.165, 1.54) is 0 Å². The predicted molar refractivity (Wildman–Crippen MR) is 65.0 cm³/mol. The molecule has 0 heterocycles. The van der Waals surface area contributed by atoms with Crippen molar-refractivity contribution in [2.24, 2.45) is 5.73 Å². The number of nitrogens with two attached hydrogens (primary N) is 1. The van der Waals surface area contributed by atoms with Gasteiger partial charge in [-0.05, 0) is 37.6 Å². The van der Waals surface area contributed by atoms with Crippen molar-refractivity contribution in [3.05, 3.63) is 29.3 Å². The Morgan fingerprint density at radius 3 is 2.59 bits per heavy atom. The third-order valence-electron chi connectivity index (χ3n) is 2.39. The Morgan fingerprint density at radius 2 is 2.12 bits per heavy atom. The molecule has 1 aromatic rings. The first-order valence-corrected chi connectivity index (χ1v) is 5.29. The zero-order chi connectivity index (χ0) is 13.0. The summed E-state index contributed by atoms with van der Waals surface area (Å²) in [6, 6.07) is 4.95. The Hall–Kier alpha value is -2.04. The van der Waals surface area contributed by atoms with Crippen LogP contribution in [-0.4, -0.2) is 23.0 Å². The largest absolute Gasteiger partial charge is 0.481 e. The molecular weight excluding hydrogens is 220 g/mol. The van der Waals surface area contributed by atoms with Gasteiger partial charge in [0.2, 0.25) is 5.91 Å². The number of benzene rings is 1. The molecule has 0 aliphatic rings. The van der Waals surface area contributed by atoms with Crippen LogP contribution in [0.25, 0.3) is 0 Å². The lowest BCUT2D eigenvalue weighted by molar-refractivity contribution is -0.137. The van der Waals surface area contributed by atoms with Crippen LogP contribution in [0.15, 0.2) is 18.2 Å². The Kier molecular flexibility index (Phi) is 4.09. The van der Waals surface area contributed by atoms with E-state index in [0.717, 1.165) is 11.3 Å². The van der Waals surface area contributed by atoms with E-state index in [1.54, 1.807) is 32.0 Å². The molecular formula is C12H16N2O3. The van der Waals surface area contributed by atoms with Gasteiger partial charge in [-0.1, -0.05) is 0 Å². The summed E-state index contributed by atoms with van der Waals surface area (Å²) >= 11 is 0. The van der Waals surface area contributed by atoms with Crippen molar-refractivity contribution in [1.29, 1.82) is 0 Å². The summed E-state index contributed by atoms with van der Waals surface area (Å²) in [5, 5.41) is 11.7. The number of nitrogens with one attached hydrogen (secondary N) is 1. The van der Waals surface area contributed by atoms with Crippen molar-refractivity contribution in [3.8, 4) is 0 Å². The molecule has 0 aliphatic carbocycles. The topological polar surface area (TPSA) is 92.4 Å². The molecule has 0 saturated carbocycles. The van der Waals surface area contributed by atoms with Crippen molar-refractivity contribution in [2.45, 2.75) is 26.3 Å². The van der Waals surface area contributed by atoms with Crippen molar-refractivity contribution in [3.63, 3.8) is 0 Å². The zero-order valence-corrected chi connectivity index (χ0v) is 9.86. The monoisotopic (exact) mass is 236 g/mol. The number of carbonyl (C=O) groups is 2. The minimum Gasteiger partial charge on any atom is -0.481 e. The minimum atomic E-state index is -0.851. The Labute approximate surface area is 99.6 Å². The molecule has 1 amide bonds. The lowest BCUT2D eigenvalue weighted by Crippen LogP contribution is -2.19. The molecule has 1 atom stereocenters. The number of aryl methyl sites for hydroxylation is 1. The van der Waals surface area contributed by atoms with Gasteiger partial charge < -0.3 is 16.2 Å². The standard InChI is InChI=1S/C12H16N2O3/c1-7-5-9(3-4-10(7)12(13)17)14-8(2)6-11(15)16/h3-5,8,14H,6H2,1-2H3,(H2,13,17)(H,15,16). The average molecular weight is 236 g/mol.